The van der Waals surface area contributed by atoms with E-state index in [0.29, 0.717) is 36.0 Å². The summed E-state index contributed by atoms with van der Waals surface area (Å²) in [5.41, 5.74) is 7.05. The van der Waals surface area contributed by atoms with Gasteiger partial charge in [0.25, 0.3) is 0 Å². The number of sulfonamides is 2. The number of morpholine rings is 1. The topological polar surface area (TPSA) is 258 Å². The molecule has 0 amide bonds. The number of nitrogen functional groups attached to an aromatic ring is 1. The number of fused-ring (bicyclic) bond motifs is 1. The zero-order valence-electron chi connectivity index (χ0n) is 23.1. The van der Waals surface area contributed by atoms with Gasteiger partial charge in [-0.05, 0) is 22.9 Å². The number of thiazole rings is 1. The summed E-state index contributed by atoms with van der Waals surface area (Å²) in [5, 5.41) is 30.4. The Labute approximate surface area is 254 Å². The zero-order valence-corrected chi connectivity index (χ0v) is 26.7. The number of hydrogen-bond acceptors (Lipinski definition) is 13. The molecule has 0 spiro atoms. The number of H-pyrrole nitrogens is 1. The number of nitrogens with zero attached hydrogens (tertiary/aromatic N) is 4. The molecule has 2 atom stereocenters. The van der Waals surface area contributed by atoms with Crippen LogP contribution in [-0.2, 0) is 29.6 Å². The molecule has 1 saturated heterocycles. The highest BCUT2D eigenvalue weighted by molar-refractivity contribution is 7.92. The van der Waals surface area contributed by atoms with Crippen molar-refractivity contribution in [3.05, 3.63) is 30.3 Å². The fraction of sp³-hybridized carbons (Fsp3) is 0.348. The average Bonchev–Trinajstić information content (AvgIpc) is 3.66. The number of carboxylic acid groups (broad SMARTS) is 1. The first-order valence-electron chi connectivity index (χ1n) is 12.7. The van der Waals surface area contributed by atoms with E-state index in [2.05, 4.69) is 44.9 Å². The summed E-state index contributed by atoms with van der Waals surface area (Å²) in [4.78, 5) is 12.5. The lowest BCUT2D eigenvalue weighted by atomic mass is 9.98. The van der Waals surface area contributed by atoms with E-state index in [-0.39, 0.29) is 35.7 Å². The van der Waals surface area contributed by atoms with Crippen LogP contribution in [0.5, 0.6) is 0 Å². The van der Waals surface area contributed by atoms with Crippen molar-refractivity contribution in [3.8, 4) is 22.5 Å². The van der Waals surface area contributed by atoms with Gasteiger partial charge >= 0.3 is 5.97 Å². The molecule has 0 saturated carbocycles. The van der Waals surface area contributed by atoms with Gasteiger partial charge in [-0.3, -0.25) is 4.79 Å². The summed E-state index contributed by atoms with van der Waals surface area (Å²) < 4.78 is 61.0. The molecular formula is C23H32N9O7PS3. The van der Waals surface area contributed by atoms with Crippen LogP contribution >= 0.6 is 20.6 Å². The molecule has 1 aliphatic heterocycles. The number of para-hydroxylation sites is 1. The van der Waals surface area contributed by atoms with Gasteiger partial charge < -0.3 is 20.9 Å². The Morgan fingerprint density at radius 2 is 1.93 bits per heavy atom. The standard InChI is InChI=1S/C19H21N9O5S3.C2H5O2P.C2H6/c20-19-24-16-12(2-1-3-13(16)34-19)11-4-5-14(36(31,32)23-8-10-9-33-7-6-22-10)17(35(21,29)30)15(11)18-25-27-28-26-18;3-2(4)1-5;1-2/h1-5,10,22-23H,6-9H2,(H2,20,24)(H2,21,29,30)(H,25,26,27,28);1,5H2,(H,3,4);1-2H3. The molecule has 3 heterocycles. The molecule has 5 rings (SSSR count). The maximum atomic E-state index is 13.3. The Kier molecular flexibility index (Phi) is 12.0. The van der Waals surface area contributed by atoms with Gasteiger partial charge in [0.2, 0.25) is 25.9 Å². The molecule has 0 radical (unpaired) electrons. The van der Waals surface area contributed by atoms with Crippen molar-refractivity contribution in [1.29, 1.82) is 0 Å². The summed E-state index contributed by atoms with van der Waals surface area (Å²) in [6.45, 7) is 5.37. The maximum Gasteiger partial charge on any atom is 0.307 e. The number of nitrogens with two attached hydrogens (primary N) is 2. The number of benzene rings is 2. The van der Waals surface area contributed by atoms with E-state index in [1.165, 1.54) is 23.5 Å². The Morgan fingerprint density at radius 1 is 1.21 bits per heavy atom. The van der Waals surface area contributed by atoms with Crippen LogP contribution in [0.15, 0.2) is 40.1 Å². The highest BCUT2D eigenvalue weighted by Crippen LogP contribution is 2.41. The van der Waals surface area contributed by atoms with Gasteiger partial charge in [0.05, 0.1) is 35.2 Å². The van der Waals surface area contributed by atoms with Crippen LogP contribution in [-0.4, -0.2) is 92.0 Å². The van der Waals surface area contributed by atoms with Crippen LogP contribution in [0.4, 0.5) is 5.13 Å². The summed E-state index contributed by atoms with van der Waals surface area (Å²) in [6, 6.07) is 7.62. The number of aromatic amines is 1. The number of aromatic nitrogens is 5. The number of primary sulfonamides is 1. The van der Waals surface area contributed by atoms with Crippen LogP contribution in [0, 0.1) is 0 Å². The second-order valence-corrected chi connectivity index (χ2v) is 13.2. The number of anilines is 1. The fourth-order valence-corrected chi connectivity index (χ4v) is 7.44. The number of ether oxygens (including phenoxy) is 1. The van der Waals surface area contributed by atoms with Crippen LogP contribution < -0.4 is 20.9 Å². The predicted molar refractivity (Wildman–Crippen MR) is 165 cm³/mol. The third-order valence-electron chi connectivity index (χ3n) is 5.68. The minimum absolute atomic E-state index is 0.0247. The first-order chi connectivity index (χ1) is 20.4. The number of tetrazole rings is 1. The number of aliphatic carboxylic acids is 1. The van der Waals surface area contributed by atoms with Crippen molar-refractivity contribution in [3.63, 3.8) is 0 Å². The van der Waals surface area contributed by atoms with Gasteiger partial charge in [-0.1, -0.05) is 43.4 Å². The SMILES string of the molecule is CC.Nc1nc2c(-c3ccc(S(=O)(=O)NCC4COCCN4)c(S(N)(=O)=O)c3-c3nn[nH]n3)cccc2s1.O=C(O)CP. The van der Waals surface area contributed by atoms with E-state index in [9.17, 15) is 21.6 Å². The third-order valence-corrected chi connectivity index (χ3v) is 9.47. The number of nitrogens with one attached hydrogen (secondary N) is 3. The number of rotatable bonds is 8. The largest absolute Gasteiger partial charge is 0.481 e. The lowest BCUT2D eigenvalue weighted by Gasteiger charge is -2.24. The Hall–Kier alpha value is -3.16. The Bertz CT molecular complexity index is 1760. The van der Waals surface area contributed by atoms with Gasteiger partial charge in [-0.2, -0.15) is 5.21 Å². The lowest BCUT2D eigenvalue weighted by Crippen LogP contribution is -2.48. The minimum Gasteiger partial charge on any atom is -0.481 e. The van der Waals surface area contributed by atoms with Crippen molar-refractivity contribution in [2.75, 3.05) is 38.2 Å². The van der Waals surface area contributed by atoms with Gasteiger partial charge in [0, 0.05) is 24.7 Å². The quantitative estimate of drug-likeness (QED) is 0.140. The molecule has 0 aliphatic carbocycles. The Balaban J connectivity index is 0.000000657. The molecule has 2 unspecified atom stereocenters. The molecule has 234 valence electrons. The summed E-state index contributed by atoms with van der Waals surface area (Å²) >= 11 is 1.25. The molecule has 1 aliphatic rings. The van der Waals surface area contributed by atoms with Gasteiger partial charge in [-0.25, -0.2) is 31.7 Å². The molecule has 4 aromatic rings. The van der Waals surface area contributed by atoms with Gasteiger partial charge in [-0.15, -0.1) is 19.4 Å². The fourth-order valence-electron chi connectivity index (χ4n) is 3.99. The van der Waals surface area contributed by atoms with Crippen molar-refractivity contribution in [2.45, 2.75) is 29.7 Å². The number of carboxylic acids is 1. The summed E-state index contributed by atoms with van der Waals surface area (Å²) in [6.07, 6.45) is 0.139. The second kappa shape index (κ2) is 15.0. The first kappa shape index (κ1) is 34.3. The predicted octanol–water partition coefficient (Wildman–Crippen LogP) is 0.612. The molecular weight excluding hydrogens is 641 g/mol. The molecule has 20 heteroatoms. The van der Waals surface area contributed by atoms with E-state index in [4.69, 9.17) is 20.7 Å². The molecule has 2 aromatic heterocycles. The molecule has 8 N–H and O–H groups in total. The third kappa shape index (κ3) is 8.48. The smallest absolute Gasteiger partial charge is 0.307 e. The number of carbonyl (C=O) groups is 1. The summed E-state index contributed by atoms with van der Waals surface area (Å²) in [5.74, 6) is -0.941. The molecule has 2 aromatic carbocycles. The van der Waals surface area contributed by atoms with E-state index in [0.717, 1.165) is 4.70 Å². The highest BCUT2D eigenvalue weighted by Gasteiger charge is 2.33. The van der Waals surface area contributed by atoms with Crippen molar-refractivity contribution >= 4 is 61.9 Å². The van der Waals surface area contributed by atoms with Crippen LogP contribution in [0.3, 0.4) is 0 Å². The minimum atomic E-state index is -4.62. The van der Waals surface area contributed by atoms with E-state index >= 15 is 0 Å². The van der Waals surface area contributed by atoms with Crippen molar-refractivity contribution < 1.29 is 31.5 Å². The monoisotopic (exact) mass is 673 g/mol. The average molecular weight is 674 g/mol. The van der Waals surface area contributed by atoms with E-state index in [1.54, 1.807) is 12.1 Å². The summed E-state index contributed by atoms with van der Waals surface area (Å²) in [7, 11) is -6.87. The van der Waals surface area contributed by atoms with Crippen LogP contribution in [0.1, 0.15) is 13.8 Å². The second-order valence-electron chi connectivity index (χ2n) is 8.48. The van der Waals surface area contributed by atoms with Crippen molar-refractivity contribution in [2.24, 2.45) is 5.14 Å². The maximum absolute atomic E-state index is 13.3. The van der Waals surface area contributed by atoms with Gasteiger partial charge in [0.1, 0.15) is 9.79 Å². The van der Waals surface area contributed by atoms with Gasteiger partial charge in [0.15, 0.2) is 5.13 Å². The highest BCUT2D eigenvalue weighted by atomic mass is 32.2. The van der Waals surface area contributed by atoms with E-state index < -0.39 is 35.8 Å². The molecule has 16 nitrogen and oxygen atoms in total. The molecule has 43 heavy (non-hydrogen) atoms. The zero-order chi connectivity index (χ0) is 31.8. The number of hydrogen-bond donors (Lipinski definition) is 6. The molecule has 1 fully saturated rings. The normalized spacial score (nSPS) is 15.2. The van der Waals surface area contributed by atoms with Crippen LogP contribution in [0.25, 0.3) is 32.7 Å². The van der Waals surface area contributed by atoms with Crippen LogP contribution in [0.2, 0.25) is 0 Å². The van der Waals surface area contributed by atoms with Crippen molar-refractivity contribution in [1.82, 2.24) is 35.6 Å². The van der Waals surface area contributed by atoms with E-state index in [1.807, 2.05) is 19.9 Å². The lowest BCUT2D eigenvalue weighted by molar-refractivity contribution is -0.133. The first-order valence-corrected chi connectivity index (χ1v) is 17.4. The Morgan fingerprint density at radius 3 is 2.51 bits per heavy atom. The molecule has 0 bridgehead atoms.